The highest BCUT2D eigenvalue weighted by molar-refractivity contribution is 5.95. The fraction of sp³-hybridized carbons (Fsp3) is 0.500. The van der Waals surface area contributed by atoms with Gasteiger partial charge in [-0.3, -0.25) is 4.79 Å². The van der Waals surface area contributed by atoms with Crippen LogP contribution in [-0.2, 0) is 4.74 Å². The summed E-state index contributed by atoms with van der Waals surface area (Å²) in [5.41, 5.74) is 0.782. The number of ketones is 1. The number of rotatable bonds is 6. The maximum atomic E-state index is 12.0. The van der Waals surface area contributed by atoms with Crippen molar-refractivity contribution >= 4 is 11.9 Å². The average molecular weight is 290 g/mol. The minimum absolute atomic E-state index is 0.155. The molecule has 0 spiro atoms. The van der Waals surface area contributed by atoms with E-state index in [9.17, 15) is 9.59 Å². The number of benzene rings is 1. The smallest absolute Gasteiger partial charge is 0.407 e. The Labute approximate surface area is 125 Å². The highest BCUT2D eigenvalue weighted by Crippen LogP contribution is 2.11. The quantitative estimate of drug-likeness (QED) is 0.815. The molecular weight excluding hydrogens is 268 g/mol. The summed E-state index contributed by atoms with van der Waals surface area (Å²) in [6, 6.07) is 9.55. The second-order valence-electron chi connectivity index (χ2n) is 5.31. The van der Waals surface area contributed by atoms with Gasteiger partial charge in [-0.05, 0) is 19.4 Å². The van der Waals surface area contributed by atoms with Crippen LogP contribution in [0.15, 0.2) is 30.3 Å². The molecule has 1 amide bonds. The molecular formula is C16H22N2O3. The summed E-state index contributed by atoms with van der Waals surface area (Å²) in [6.07, 6.45) is 1.97. The monoisotopic (exact) mass is 290 g/mol. The zero-order valence-corrected chi connectivity index (χ0v) is 12.4. The van der Waals surface area contributed by atoms with Crippen molar-refractivity contribution in [2.45, 2.75) is 25.3 Å². The maximum Gasteiger partial charge on any atom is 0.407 e. The molecule has 0 bridgehead atoms. The number of nitrogens with zero attached hydrogens (tertiary/aromatic N) is 1. The van der Waals surface area contributed by atoms with Crippen molar-refractivity contribution in [3.8, 4) is 0 Å². The summed E-state index contributed by atoms with van der Waals surface area (Å²) < 4.78 is 4.60. The molecule has 114 valence electrons. The molecule has 0 radical (unpaired) electrons. The van der Waals surface area contributed by atoms with Gasteiger partial charge in [0.25, 0.3) is 0 Å². The summed E-state index contributed by atoms with van der Waals surface area (Å²) >= 11 is 0. The molecule has 0 aliphatic carbocycles. The minimum atomic E-state index is -0.374. The van der Waals surface area contributed by atoms with Crippen molar-refractivity contribution in [1.29, 1.82) is 0 Å². The van der Waals surface area contributed by atoms with Crippen molar-refractivity contribution < 1.29 is 14.3 Å². The molecule has 1 unspecified atom stereocenters. The predicted molar refractivity (Wildman–Crippen MR) is 80.4 cm³/mol. The summed E-state index contributed by atoms with van der Waals surface area (Å²) in [7, 11) is 1.37. The van der Waals surface area contributed by atoms with E-state index in [1.165, 1.54) is 7.11 Å². The summed E-state index contributed by atoms with van der Waals surface area (Å²) in [5.74, 6) is 0.194. The second-order valence-corrected chi connectivity index (χ2v) is 5.31. The third kappa shape index (κ3) is 4.86. The Morgan fingerprint density at radius 2 is 2.10 bits per heavy atom. The molecule has 1 aromatic carbocycles. The minimum Gasteiger partial charge on any atom is -0.453 e. The van der Waals surface area contributed by atoms with Crippen molar-refractivity contribution in [2.75, 3.05) is 26.7 Å². The number of hydrogen-bond acceptors (Lipinski definition) is 4. The van der Waals surface area contributed by atoms with E-state index in [1.54, 1.807) is 0 Å². The molecule has 1 heterocycles. The van der Waals surface area contributed by atoms with Gasteiger partial charge >= 0.3 is 6.09 Å². The molecule has 1 aliphatic heterocycles. The average Bonchev–Trinajstić information content (AvgIpc) is 2.95. The maximum absolute atomic E-state index is 12.0. The van der Waals surface area contributed by atoms with E-state index >= 15 is 0 Å². The third-order valence-electron chi connectivity index (χ3n) is 3.75. The van der Waals surface area contributed by atoms with Gasteiger partial charge in [0.2, 0.25) is 0 Å². The number of likely N-dealkylation sites (tertiary alicyclic amines) is 1. The van der Waals surface area contributed by atoms with Crippen molar-refractivity contribution in [3.05, 3.63) is 35.9 Å². The van der Waals surface area contributed by atoms with Gasteiger partial charge in [0.15, 0.2) is 5.78 Å². The van der Waals surface area contributed by atoms with Gasteiger partial charge in [-0.1, -0.05) is 30.3 Å². The number of alkyl carbamates (subject to hydrolysis) is 1. The Morgan fingerprint density at radius 1 is 1.33 bits per heavy atom. The Bertz CT molecular complexity index is 476. The molecule has 0 aromatic heterocycles. The van der Waals surface area contributed by atoms with Gasteiger partial charge in [-0.25, -0.2) is 4.79 Å². The molecule has 21 heavy (non-hydrogen) atoms. The predicted octanol–water partition coefficient (Wildman–Crippen LogP) is 2.08. The molecule has 5 nitrogen and oxygen atoms in total. The Kier molecular flexibility index (Phi) is 5.75. The fourth-order valence-corrected chi connectivity index (χ4v) is 2.61. The van der Waals surface area contributed by atoms with Gasteiger partial charge in [0.05, 0.1) is 7.11 Å². The third-order valence-corrected chi connectivity index (χ3v) is 3.75. The van der Waals surface area contributed by atoms with E-state index < -0.39 is 0 Å². The van der Waals surface area contributed by atoms with Crippen LogP contribution in [-0.4, -0.2) is 49.6 Å². The number of hydrogen-bond donors (Lipinski definition) is 1. The van der Waals surface area contributed by atoms with E-state index in [4.69, 9.17) is 0 Å². The number of carbonyl (C=O) groups excluding carboxylic acids is 2. The first kappa shape index (κ1) is 15.5. The fourth-order valence-electron chi connectivity index (χ4n) is 2.61. The molecule has 2 rings (SSSR count). The molecule has 5 heteroatoms. The Balaban J connectivity index is 1.66. The molecule has 1 aliphatic rings. The molecule has 1 fully saturated rings. The number of methoxy groups -OCH3 is 1. The van der Waals surface area contributed by atoms with Crippen LogP contribution in [0.4, 0.5) is 4.79 Å². The van der Waals surface area contributed by atoms with Crippen LogP contribution in [0.1, 0.15) is 29.6 Å². The lowest BCUT2D eigenvalue weighted by Gasteiger charge is -2.16. The van der Waals surface area contributed by atoms with Gasteiger partial charge in [0.1, 0.15) is 0 Å². The van der Waals surface area contributed by atoms with E-state index in [-0.39, 0.29) is 17.9 Å². The van der Waals surface area contributed by atoms with Crippen LogP contribution < -0.4 is 5.32 Å². The van der Waals surface area contributed by atoms with Crippen molar-refractivity contribution in [2.24, 2.45) is 0 Å². The van der Waals surface area contributed by atoms with Crippen molar-refractivity contribution in [1.82, 2.24) is 10.2 Å². The summed E-state index contributed by atoms with van der Waals surface area (Å²) in [5, 5.41) is 2.81. The van der Waals surface area contributed by atoms with Crippen LogP contribution >= 0.6 is 0 Å². The normalized spacial score (nSPS) is 18.4. The van der Waals surface area contributed by atoms with E-state index in [2.05, 4.69) is 15.0 Å². The molecule has 1 saturated heterocycles. The Hall–Kier alpha value is -1.88. The van der Waals surface area contributed by atoms with Gasteiger partial charge in [-0.2, -0.15) is 0 Å². The van der Waals surface area contributed by atoms with Crippen LogP contribution in [0.2, 0.25) is 0 Å². The zero-order chi connectivity index (χ0) is 15.1. The lowest BCUT2D eigenvalue weighted by molar-refractivity contribution is 0.0976. The first-order valence-electron chi connectivity index (χ1n) is 7.34. The molecule has 0 saturated carbocycles. The summed E-state index contributed by atoms with van der Waals surface area (Å²) in [4.78, 5) is 25.4. The van der Waals surface area contributed by atoms with E-state index in [1.807, 2.05) is 30.3 Å². The van der Waals surface area contributed by atoms with Crippen LogP contribution in [0.5, 0.6) is 0 Å². The summed E-state index contributed by atoms with van der Waals surface area (Å²) in [6.45, 7) is 2.67. The zero-order valence-electron chi connectivity index (χ0n) is 12.4. The number of Topliss-reactive ketones (excluding diaryl/α,β-unsaturated/α-hetero) is 1. The van der Waals surface area contributed by atoms with Crippen molar-refractivity contribution in [3.63, 3.8) is 0 Å². The second kappa shape index (κ2) is 7.78. The van der Waals surface area contributed by atoms with Crippen LogP contribution in [0.25, 0.3) is 0 Å². The highest BCUT2D eigenvalue weighted by atomic mass is 16.5. The first-order valence-corrected chi connectivity index (χ1v) is 7.34. The first-order chi connectivity index (χ1) is 10.2. The number of carbonyl (C=O) groups is 2. The lowest BCUT2D eigenvalue weighted by atomic mass is 10.1. The molecule has 1 aromatic rings. The van der Waals surface area contributed by atoms with E-state index in [0.717, 1.165) is 38.0 Å². The standard InChI is InChI=1S/C16H22N2O3/c1-21-16(20)17-14-9-11-18(12-14)10-5-8-15(19)13-6-3-2-4-7-13/h2-4,6-7,14H,5,8-12H2,1H3,(H,17,20). The largest absolute Gasteiger partial charge is 0.453 e. The molecule has 1 N–H and O–H groups in total. The van der Waals surface area contributed by atoms with Crippen LogP contribution in [0, 0.1) is 0 Å². The number of amides is 1. The molecule has 1 atom stereocenters. The topological polar surface area (TPSA) is 58.6 Å². The van der Waals surface area contributed by atoms with E-state index in [0.29, 0.717) is 6.42 Å². The number of nitrogens with one attached hydrogen (secondary N) is 1. The lowest BCUT2D eigenvalue weighted by Crippen LogP contribution is -2.37. The van der Waals surface area contributed by atoms with Gasteiger partial charge < -0.3 is 15.0 Å². The number of ether oxygens (including phenoxy) is 1. The van der Waals surface area contributed by atoms with Gasteiger partial charge in [0, 0.05) is 31.1 Å². The SMILES string of the molecule is COC(=O)NC1CCN(CCCC(=O)c2ccccc2)C1. The van der Waals surface area contributed by atoms with Crippen LogP contribution in [0.3, 0.4) is 0 Å². The highest BCUT2D eigenvalue weighted by Gasteiger charge is 2.23. The van der Waals surface area contributed by atoms with Gasteiger partial charge in [-0.15, -0.1) is 0 Å². The Morgan fingerprint density at radius 3 is 2.81 bits per heavy atom.